The van der Waals surface area contributed by atoms with Gasteiger partial charge in [0, 0.05) is 11.8 Å². The first-order chi connectivity index (χ1) is 11.2. The predicted octanol–water partition coefficient (Wildman–Crippen LogP) is 5.56. The third-order valence-corrected chi connectivity index (χ3v) is 5.66. The Balaban J connectivity index is 2.04. The third kappa shape index (κ3) is 2.87. The molecule has 0 amide bonds. The van der Waals surface area contributed by atoms with E-state index in [0.717, 1.165) is 25.7 Å². The van der Waals surface area contributed by atoms with Crippen molar-refractivity contribution in [3.63, 3.8) is 0 Å². The Kier molecular flexibility index (Phi) is 4.70. The number of aryl methyl sites for hydroxylation is 1. The molecule has 3 rings (SSSR count). The fraction of sp³-hybridized carbons (Fsp3) is 0.476. The molecule has 0 N–H and O–H groups in total. The summed E-state index contributed by atoms with van der Waals surface area (Å²) in [6.07, 6.45) is 7.76. The van der Waals surface area contributed by atoms with Crippen molar-refractivity contribution < 1.29 is 9.21 Å². The summed E-state index contributed by atoms with van der Waals surface area (Å²) in [6.45, 7) is 4.51. The fourth-order valence-corrected chi connectivity index (χ4v) is 4.59. The van der Waals surface area contributed by atoms with Gasteiger partial charge < -0.3 is 4.42 Å². The van der Waals surface area contributed by atoms with E-state index < -0.39 is 0 Å². The smallest absolute Gasteiger partial charge is 0.198 e. The molecule has 23 heavy (non-hydrogen) atoms. The van der Waals surface area contributed by atoms with Gasteiger partial charge in [0.25, 0.3) is 0 Å². The van der Waals surface area contributed by atoms with Crippen LogP contribution in [0.5, 0.6) is 0 Å². The Morgan fingerprint density at radius 3 is 2.65 bits per heavy atom. The molecule has 1 aliphatic rings. The van der Waals surface area contributed by atoms with Crippen molar-refractivity contribution in [2.75, 3.05) is 0 Å². The Morgan fingerprint density at radius 2 is 1.96 bits per heavy atom. The van der Waals surface area contributed by atoms with Crippen molar-refractivity contribution in [1.29, 1.82) is 0 Å². The topological polar surface area (TPSA) is 30.2 Å². The van der Waals surface area contributed by atoms with Gasteiger partial charge in [-0.2, -0.15) is 0 Å². The predicted molar refractivity (Wildman–Crippen MR) is 92.8 cm³/mol. The van der Waals surface area contributed by atoms with Gasteiger partial charge in [0.15, 0.2) is 11.5 Å². The highest BCUT2D eigenvalue weighted by Gasteiger charge is 2.43. The molecular weight excluding hydrogens is 284 g/mol. The number of ketones is 1. The van der Waals surface area contributed by atoms with Gasteiger partial charge in [0.2, 0.25) is 0 Å². The maximum absolute atomic E-state index is 12.8. The van der Waals surface area contributed by atoms with Crippen LogP contribution in [-0.4, -0.2) is 5.78 Å². The van der Waals surface area contributed by atoms with Crippen molar-refractivity contribution in [1.82, 2.24) is 0 Å². The van der Waals surface area contributed by atoms with Gasteiger partial charge >= 0.3 is 0 Å². The SMILES string of the molecule is CCC(CC)C1(CC(=O)c2ccco2)CCCc2ccccc21. The molecule has 0 bridgehead atoms. The summed E-state index contributed by atoms with van der Waals surface area (Å²) < 4.78 is 5.37. The van der Waals surface area contributed by atoms with Gasteiger partial charge in [-0.3, -0.25) is 4.79 Å². The third-order valence-electron chi connectivity index (χ3n) is 5.66. The molecule has 0 saturated carbocycles. The first kappa shape index (κ1) is 16.0. The summed E-state index contributed by atoms with van der Waals surface area (Å²) >= 11 is 0. The summed E-state index contributed by atoms with van der Waals surface area (Å²) in [5.41, 5.74) is 2.79. The number of fused-ring (bicyclic) bond motifs is 1. The van der Waals surface area contributed by atoms with E-state index in [9.17, 15) is 4.79 Å². The van der Waals surface area contributed by atoms with E-state index in [1.54, 1.807) is 18.4 Å². The molecule has 1 unspecified atom stereocenters. The lowest BCUT2D eigenvalue weighted by atomic mass is 9.59. The number of Topliss-reactive ketones (excluding diaryl/α,β-unsaturated/α-hetero) is 1. The second kappa shape index (κ2) is 6.74. The number of carbonyl (C=O) groups is 1. The van der Waals surface area contributed by atoms with Crippen LogP contribution in [-0.2, 0) is 11.8 Å². The summed E-state index contributed by atoms with van der Waals surface area (Å²) in [7, 11) is 0. The van der Waals surface area contributed by atoms with E-state index >= 15 is 0 Å². The molecule has 1 aliphatic carbocycles. The van der Waals surface area contributed by atoms with Crippen LogP contribution in [0.15, 0.2) is 47.1 Å². The monoisotopic (exact) mass is 310 g/mol. The molecule has 2 heteroatoms. The molecule has 0 aliphatic heterocycles. The van der Waals surface area contributed by atoms with Gasteiger partial charge in [-0.25, -0.2) is 0 Å². The molecule has 2 aromatic rings. The van der Waals surface area contributed by atoms with Gasteiger partial charge in [-0.05, 0) is 48.4 Å². The average molecular weight is 310 g/mol. The zero-order valence-corrected chi connectivity index (χ0v) is 14.2. The van der Waals surface area contributed by atoms with E-state index in [2.05, 4.69) is 38.1 Å². The molecule has 0 spiro atoms. The molecule has 1 aromatic carbocycles. The van der Waals surface area contributed by atoms with E-state index in [4.69, 9.17) is 4.42 Å². The van der Waals surface area contributed by atoms with Crippen LogP contribution in [0.2, 0.25) is 0 Å². The lowest BCUT2D eigenvalue weighted by molar-refractivity contribution is 0.0868. The van der Waals surface area contributed by atoms with Gasteiger partial charge in [0.05, 0.1) is 6.26 Å². The van der Waals surface area contributed by atoms with Crippen LogP contribution in [0.4, 0.5) is 0 Å². The Morgan fingerprint density at radius 1 is 1.17 bits per heavy atom. The summed E-state index contributed by atoms with van der Waals surface area (Å²) in [5, 5.41) is 0. The number of benzene rings is 1. The van der Waals surface area contributed by atoms with Crippen LogP contribution >= 0.6 is 0 Å². The largest absolute Gasteiger partial charge is 0.461 e. The molecule has 1 heterocycles. The summed E-state index contributed by atoms with van der Waals surface area (Å²) in [5.74, 6) is 1.17. The van der Waals surface area contributed by atoms with Crippen LogP contribution < -0.4 is 0 Å². The van der Waals surface area contributed by atoms with Crippen molar-refractivity contribution in [3.8, 4) is 0 Å². The van der Waals surface area contributed by atoms with Crippen LogP contribution in [0.1, 0.15) is 67.6 Å². The van der Waals surface area contributed by atoms with Crippen LogP contribution in [0, 0.1) is 5.92 Å². The number of carbonyl (C=O) groups excluding carboxylic acids is 1. The molecule has 1 aromatic heterocycles. The fourth-order valence-electron chi connectivity index (χ4n) is 4.59. The highest BCUT2D eigenvalue weighted by atomic mass is 16.3. The summed E-state index contributed by atoms with van der Waals surface area (Å²) in [4.78, 5) is 12.8. The normalized spacial score (nSPS) is 20.5. The maximum Gasteiger partial charge on any atom is 0.198 e. The zero-order chi connectivity index (χ0) is 16.3. The van der Waals surface area contributed by atoms with E-state index in [-0.39, 0.29) is 11.2 Å². The number of hydrogen-bond donors (Lipinski definition) is 0. The number of hydrogen-bond acceptors (Lipinski definition) is 2. The molecular formula is C21H26O2. The van der Waals surface area contributed by atoms with Crippen molar-refractivity contribution in [2.24, 2.45) is 5.92 Å². The van der Waals surface area contributed by atoms with E-state index in [1.807, 2.05) is 0 Å². The standard InChI is InChI=1S/C21H26O2/c1-3-17(4-2)21(15-19(22)20-12-8-14-23-20)13-7-10-16-9-5-6-11-18(16)21/h5-6,8-9,11-12,14,17H,3-4,7,10,13,15H2,1-2H3. The lowest BCUT2D eigenvalue weighted by Crippen LogP contribution is -2.40. The minimum atomic E-state index is -0.0395. The number of rotatable bonds is 6. The molecule has 1 atom stereocenters. The minimum Gasteiger partial charge on any atom is -0.461 e. The molecule has 0 fully saturated rings. The summed E-state index contributed by atoms with van der Waals surface area (Å²) in [6, 6.07) is 12.3. The zero-order valence-electron chi connectivity index (χ0n) is 14.2. The van der Waals surface area contributed by atoms with Crippen molar-refractivity contribution in [3.05, 3.63) is 59.5 Å². The highest BCUT2D eigenvalue weighted by molar-refractivity contribution is 5.94. The Labute approximate surface area is 138 Å². The maximum atomic E-state index is 12.8. The molecule has 0 saturated heterocycles. The highest BCUT2D eigenvalue weighted by Crippen LogP contribution is 2.48. The van der Waals surface area contributed by atoms with Gasteiger partial charge in [-0.15, -0.1) is 0 Å². The number of furan rings is 1. The van der Waals surface area contributed by atoms with Gasteiger partial charge in [-0.1, -0.05) is 51.0 Å². The van der Waals surface area contributed by atoms with Crippen molar-refractivity contribution in [2.45, 2.75) is 57.8 Å². The minimum absolute atomic E-state index is 0.0395. The molecule has 0 radical (unpaired) electrons. The van der Waals surface area contributed by atoms with Crippen molar-refractivity contribution >= 4 is 5.78 Å². The molecule has 2 nitrogen and oxygen atoms in total. The van der Waals surface area contributed by atoms with E-state index in [1.165, 1.54) is 17.5 Å². The quantitative estimate of drug-likeness (QED) is 0.654. The van der Waals surface area contributed by atoms with Crippen LogP contribution in [0.25, 0.3) is 0 Å². The second-order valence-corrected chi connectivity index (χ2v) is 6.76. The Bertz CT molecular complexity index is 652. The lowest BCUT2D eigenvalue weighted by Gasteiger charge is -2.44. The molecule has 122 valence electrons. The first-order valence-electron chi connectivity index (χ1n) is 8.86. The van der Waals surface area contributed by atoms with Crippen LogP contribution in [0.3, 0.4) is 0 Å². The van der Waals surface area contributed by atoms with E-state index in [0.29, 0.717) is 18.1 Å². The second-order valence-electron chi connectivity index (χ2n) is 6.76. The van der Waals surface area contributed by atoms with Gasteiger partial charge in [0.1, 0.15) is 0 Å². The Hall–Kier alpha value is -1.83. The average Bonchev–Trinajstić information content (AvgIpc) is 3.11. The first-order valence-corrected chi connectivity index (χ1v) is 8.86.